The third-order valence-electron chi connectivity index (χ3n) is 2.78. The van der Waals surface area contributed by atoms with E-state index in [1.165, 1.54) is 5.56 Å². The number of pyridine rings is 1. The van der Waals surface area contributed by atoms with E-state index in [4.69, 9.17) is 5.73 Å². The summed E-state index contributed by atoms with van der Waals surface area (Å²) >= 11 is 0. The first-order valence-corrected chi connectivity index (χ1v) is 5.45. The Morgan fingerprint density at radius 1 is 1.25 bits per heavy atom. The lowest BCUT2D eigenvalue weighted by Gasteiger charge is -2.06. The SMILES string of the molecule is Cc1cc(C)c2[nH]c(=O)c(CCN)cc2c1. The summed E-state index contributed by atoms with van der Waals surface area (Å²) in [5.74, 6) is 0. The van der Waals surface area contributed by atoms with Gasteiger partial charge in [-0.3, -0.25) is 4.79 Å². The first kappa shape index (κ1) is 10.9. The van der Waals surface area contributed by atoms with Gasteiger partial charge in [0.2, 0.25) is 0 Å². The molecule has 0 aliphatic carbocycles. The molecule has 0 bridgehead atoms. The van der Waals surface area contributed by atoms with E-state index >= 15 is 0 Å². The van der Waals surface area contributed by atoms with Crippen LogP contribution in [0.4, 0.5) is 0 Å². The molecular formula is C13H16N2O. The minimum Gasteiger partial charge on any atom is -0.330 e. The maximum atomic E-state index is 11.7. The second-order valence-corrected chi connectivity index (χ2v) is 4.21. The van der Waals surface area contributed by atoms with Gasteiger partial charge in [0.1, 0.15) is 0 Å². The van der Waals surface area contributed by atoms with Crippen molar-refractivity contribution in [3.63, 3.8) is 0 Å². The van der Waals surface area contributed by atoms with Crippen LogP contribution in [-0.4, -0.2) is 11.5 Å². The number of H-pyrrole nitrogens is 1. The molecule has 3 heteroatoms. The third kappa shape index (κ3) is 1.86. The van der Waals surface area contributed by atoms with Crippen LogP contribution in [0.1, 0.15) is 16.7 Å². The number of aromatic amines is 1. The number of nitrogens with one attached hydrogen (secondary N) is 1. The predicted molar refractivity (Wildman–Crippen MR) is 66.8 cm³/mol. The normalized spacial score (nSPS) is 10.9. The summed E-state index contributed by atoms with van der Waals surface area (Å²) in [4.78, 5) is 14.7. The molecular weight excluding hydrogens is 200 g/mol. The molecule has 3 nitrogen and oxygen atoms in total. The summed E-state index contributed by atoms with van der Waals surface area (Å²) in [6.45, 7) is 4.56. The van der Waals surface area contributed by atoms with E-state index in [0.717, 1.165) is 22.0 Å². The number of hydrogen-bond donors (Lipinski definition) is 2. The quantitative estimate of drug-likeness (QED) is 0.801. The molecule has 0 radical (unpaired) electrons. The van der Waals surface area contributed by atoms with Crippen LogP contribution in [0.5, 0.6) is 0 Å². The Morgan fingerprint density at radius 3 is 2.69 bits per heavy atom. The molecule has 0 saturated heterocycles. The van der Waals surface area contributed by atoms with Crippen molar-refractivity contribution in [3.8, 4) is 0 Å². The molecule has 0 fully saturated rings. The summed E-state index contributed by atoms with van der Waals surface area (Å²) in [5, 5.41) is 1.08. The summed E-state index contributed by atoms with van der Waals surface area (Å²) in [6.07, 6.45) is 0.623. The smallest absolute Gasteiger partial charge is 0.251 e. The van der Waals surface area contributed by atoms with Crippen molar-refractivity contribution in [3.05, 3.63) is 45.2 Å². The van der Waals surface area contributed by atoms with Crippen LogP contribution in [0.25, 0.3) is 10.9 Å². The molecule has 0 spiro atoms. The highest BCUT2D eigenvalue weighted by Crippen LogP contribution is 2.17. The molecule has 2 aromatic rings. The lowest BCUT2D eigenvalue weighted by Crippen LogP contribution is -2.16. The minimum atomic E-state index is -0.0232. The number of nitrogens with two attached hydrogens (primary N) is 1. The number of benzene rings is 1. The fourth-order valence-electron chi connectivity index (χ4n) is 2.07. The maximum absolute atomic E-state index is 11.7. The Morgan fingerprint density at radius 2 is 2.00 bits per heavy atom. The van der Waals surface area contributed by atoms with Gasteiger partial charge in [0.15, 0.2) is 0 Å². The van der Waals surface area contributed by atoms with Crippen molar-refractivity contribution in [2.24, 2.45) is 5.73 Å². The van der Waals surface area contributed by atoms with Gasteiger partial charge >= 0.3 is 0 Å². The Labute approximate surface area is 94.3 Å². The fourth-order valence-corrected chi connectivity index (χ4v) is 2.07. The summed E-state index contributed by atoms with van der Waals surface area (Å²) in [6, 6.07) is 6.10. The zero-order chi connectivity index (χ0) is 11.7. The summed E-state index contributed by atoms with van der Waals surface area (Å²) in [7, 11) is 0. The molecule has 1 aromatic carbocycles. The van der Waals surface area contributed by atoms with Crippen molar-refractivity contribution in [1.82, 2.24) is 4.98 Å². The zero-order valence-electron chi connectivity index (χ0n) is 9.63. The van der Waals surface area contributed by atoms with Crippen molar-refractivity contribution in [2.45, 2.75) is 20.3 Å². The molecule has 1 heterocycles. The van der Waals surface area contributed by atoms with Crippen LogP contribution in [0.3, 0.4) is 0 Å². The third-order valence-corrected chi connectivity index (χ3v) is 2.78. The molecule has 84 valence electrons. The van der Waals surface area contributed by atoms with Gasteiger partial charge in [-0.2, -0.15) is 0 Å². The van der Waals surface area contributed by atoms with Crippen LogP contribution in [-0.2, 0) is 6.42 Å². The van der Waals surface area contributed by atoms with Crippen molar-refractivity contribution in [1.29, 1.82) is 0 Å². The van der Waals surface area contributed by atoms with Gasteiger partial charge in [-0.15, -0.1) is 0 Å². The van der Waals surface area contributed by atoms with Gasteiger partial charge in [0.05, 0.1) is 5.52 Å². The number of aryl methyl sites for hydroxylation is 2. The first-order chi connectivity index (χ1) is 7.61. The van der Waals surface area contributed by atoms with Gasteiger partial charge < -0.3 is 10.7 Å². The van der Waals surface area contributed by atoms with E-state index in [0.29, 0.717) is 13.0 Å². The molecule has 0 unspecified atom stereocenters. The van der Waals surface area contributed by atoms with Crippen LogP contribution in [0, 0.1) is 13.8 Å². The van der Waals surface area contributed by atoms with E-state index in [1.807, 2.05) is 13.0 Å². The number of hydrogen-bond acceptors (Lipinski definition) is 2. The molecule has 2 rings (SSSR count). The molecule has 0 aliphatic rings. The molecule has 0 saturated carbocycles. The minimum absolute atomic E-state index is 0.0232. The highest BCUT2D eigenvalue weighted by Gasteiger charge is 2.04. The monoisotopic (exact) mass is 216 g/mol. The standard InChI is InChI=1S/C13H16N2O/c1-8-5-9(2)12-11(6-8)7-10(3-4-14)13(16)15-12/h5-7H,3-4,14H2,1-2H3,(H,15,16). The van der Waals surface area contributed by atoms with Crippen molar-refractivity contribution >= 4 is 10.9 Å². The Kier molecular flexibility index (Phi) is 2.79. The van der Waals surface area contributed by atoms with Crippen molar-refractivity contribution < 1.29 is 0 Å². The predicted octanol–water partition coefficient (Wildman–Crippen LogP) is 1.65. The van der Waals surface area contributed by atoms with Gasteiger partial charge in [0.25, 0.3) is 5.56 Å². The van der Waals surface area contributed by atoms with Crippen LogP contribution >= 0.6 is 0 Å². The number of aromatic nitrogens is 1. The van der Waals surface area contributed by atoms with Gasteiger partial charge in [-0.05, 0) is 49.9 Å². The van der Waals surface area contributed by atoms with E-state index in [-0.39, 0.29) is 5.56 Å². The topological polar surface area (TPSA) is 58.9 Å². The largest absolute Gasteiger partial charge is 0.330 e. The highest BCUT2D eigenvalue weighted by atomic mass is 16.1. The van der Waals surface area contributed by atoms with Gasteiger partial charge in [0, 0.05) is 5.56 Å². The Hall–Kier alpha value is -1.61. The van der Waals surface area contributed by atoms with Gasteiger partial charge in [-0.25, -0.2) is 0 Å². The average Bonchev–Trinajstić information content (AvgIpc) is 2.21. The lowest BCUT2D eigenvalue weighted by molar-refractivity contribution is 0.948. The molecule has 3 N–H and O–H groups in total. The molecule has 0 amide bonds. The second kappa shape index (κ2) is 4.10. The molecule has 0 atom stereocenters. The summed E-state index contributed by atoms with van der Waals surface area (Å²) in [5.41, 5.74) is 9.46. The molecule has 0 aliphatic heterocycles. The molecule has 1 aromatic heterocycles. The van der Waals surface area contributed by atoms with E-state index in [9.17, 15) is 4.79 Å². The Balaban J connectivity index is 2.74. The van der Waals surface area contributed by atoms with E-state index < -0.39 is 0 Å². The van der Waals surface area contributed by atoms with E-state index in [1.54, 1.807) is 0 Å². The Bertz CT molecular complexity index is 584. The molecule has 16 heavy (non-hydrogen) atoms. The summed E-state index contributed by atoms with van der Waals surface area (Å²) < 4.78 is 0. The number of rotatable bonds is 2. The van der Waals surface area contributed by atoms with Crippen LogP contribution < -0.4 is 11.3 Å². The lowest BCUT2D eigenvalue weighted by atomic mass is 10.0. The number of fused-ring (bicyclic) bond motifs is 1. The van der Waals surface area contributed by atoms with Crippen LogP contribution in [0.15, 0.2) is 23.0 Å². The van der Waals surface area contributed by atoms with E-state index in [2.05, 4.69) is 24.0 Å². The highest BCUT2D eigenvalue weighted by molar-refractivity contribution is 5.82. The second-order valence-electron chi connectivity index (χ2n) is 4.21. The zero-order valence-corrected chi connectivity index (χ0v) is 9.63. The van der Waals surface area contributed by atoms with Crippen molar-refractivity contribution in [2.75, 3.05) is 6.54 Å². The first-order valence-electron chi connectivity index (χ1n) is 5.45. The van der Waals surface area contributed by atoms with Gasteiger partial charge in [-0.1, -0.05) is 11.6 Å². The average molecular weight is 216 g/mol. The maximum Gasteiger partial charge on any atom is 0.251 e. The van der Waals surface area contributed by atoms with Crippen LogP contribution in [0.2, 0.25) is 0 Å². The fraction of sp³-hybridized carbons (Fsp3) is 0.308.